The molecular formula is C17H25N3O5S. The number of methoxy groups -OCH3 is 1. The van der Waals surface area contributed by atoms with Crippen molar-refractivity contribution >= 4 is 23.4 Å². The van der Waals surface area contributed by atoms with Gasteiger partial charge in [-0.2, -0.15) is 5.06 Å². The van der Waals surface area contributed by atoms with Gasteiger partial charge in [-0.25, -0.2) is 14.6 Å². The Morgan fingerprint density at radius 3 is 2.73 bits per heavy atom. The number of esters is 1. The Bertz CT molecular complexity index is 682. The number of hydrogen-bond donors (Lipinski definition) is 0. The molecule has 1 aliphatic rings. The van der Waals surface area contributed by atoms with Gasteiger partial charge in [-0.15, -0.1) is 17.9 Å². The quantitative estimate of drug-likeness (QED) is 0.439. The fraction of sp³-hybridized carbons (Fsp3) is 0.588. The molecule has 1 atom stereocenters. The normalized spacial score (nSPS) is 17.0. The van der Waals surface area contributed by atoms with E-state index in [0.717, 1.165) is 4.88 Å². The Labute approximate surface area is 157 Å². The SMILES string of the molecule is C=CCON(C)C1CN(C(=O)OC(C)(C)C)Cc2nc(C(=O)OC)sc21. The highest BCUT2D eigenvalue weighted by Gasteiger charge is 2.36. The number of nitrogens with zero attached hydrogens (tertiary/aromatic N) is 3. The highest BCUT2D eigenvalue weighted by atomic mass is 32.1. The lowest BCUT2D eigenvalue weighted by atomic mass is 10.1. The van der Waals surface area contributed by atoms with Crippen LogP contribution in [0.2, 0.25) is 0 Å². The molecule has 0 N–H and O–H groups in total. The van der Waals surface area contributed by atoms with Crippen molar-refractivity contribution in [1.29, 1.82) is 0 Å². The van der Waals surface area contributed by atoms with E-state index in [1.54, 1.807) is 23.1 Å². The number of thiazole rings is 1. The van der Waals surface area contributed by atoms with Crippen LogP contribution in [0.3, 0.4) is 0 Å². The summed E-state index contributed by atoms with van der Waals surface area (Å²) in [4.78, 5) is 36.8. The second-order valence-electron chi connectivity index (χ2n) is 6.83. The maximum Gasteiger partial charge on any atom is 0.410 e. The van der Waals surface area contributed by atoms with Crippen LogP contribution in [0, 0.1) is 0 Å². The zero-order chi connectivity index (χ0) is 19.5. The molecule has 0 bridgehead atoms. The minimum atomic E-state index is -0.600. The molecule has 0 fully saturated rings. The minimum Gasteiger partial charge on any atom is -0.464 e. The smallest absolute Gasteiger partial charge is 0.410 e. The zero-order valence-corrected chi connectivity index (χ0v) is 16.6. The van der Waals surface area contributed by atoms with Crippen molar-refractivity contribution in [3.05, 3.63) is 28.2 Å². The van der Waals surface area contributed by atoms with Gasteiger partial charge in [0, 0.05) is 13.6 Å². The Morgan fingerprint density at radius 2 is 2.15 bits per heavy atom. The second-order valence-corrected chi connectivity index (χ2v) is 7.86. The summed E-state index contributed by atoms with van der Waals surface area (Å²) in [7, 11) is 3.08. The summed E-state index contributed by atoms with van der Waals surface area (Å²) in [6.07, 6.45) is 1.20. The first-order valence-corrected chi connectivity index (χ1v) is 9.00. The molecule has 0 spiro atoms. The summed E-state index contributed by atoms with van der Waals surface area (Å²) in [5, 5.41) is 1.90. The number of aromatic nitrogens is 1. The van der Waals surface area contributed by atoms with Crippen molar-refractivity contribution in [3.63, 3.8) is 0 Å². The molecule has 9 heteroatoms. The van der Waals surface area contributed by atoms with Gasteiger partial charge >= 0.3 is 12.1 Å². The van der Waals surface area contributed by atoms with Crippen molar-refractivity contribution < 1.29 is 23.9 Å². The zero-order valence-electron chi connectivity index (χ0n) is 15.8. The topological polar surface area (TPSA) is 81.2 Å². The van der Waals surface area contributed by atoms with E-state index in [0.29, 0.717) is 18.8 Å². The number of carbonyl (C=O) groups is 2. The minimum absolute atomic E-state index is 0.255. The molecule has 8 nitrogen and oxygen atoms in total. The van der Waals surface area contributed by atoms with E-state index in [2.05, 4.69) is 11.6 Å². The Hall–Kier alpha value is -1.97. The van der Waals surface area contributed by atoms with Gasteiger partial charge in [-0.3, -0.25) is 4.84 Å². The van der Waals surface area contributed by atoms with Gasteiger partial charge in [0.1, 0.15) is 5.60 Å². The fourth-order valence-corrected chi connectivity index (χ4v) is 3.57. The third kappa shape index (κ3) is 4.80. The van der Waals surface area contributed by atoms with E-state index in [-0.39, 0.29) is 17.6 Å². The Kier molecular flexibility index (Phi) is 6.38. The maximum atomic E-state index is 12.5. The highest BCUT2D eigenvalue weighted by Crippen LogP contribution is 2.35. The molecule has 144 valence electrons. The van der Waals surface area contributed by atoms with Gasteiger partial charge in [0.25, 0.3) is 0 Å². The molecule has 0 saturated carbocycles. The average Bonchev–Trinajstić information content (AvgIpc) is 3.00. The molecule has 0 aliphatic carbocycles. The molecule has 26 heavy (non-hydrogen) atoms. The number of hydrogen-bond acceptors (Lipinski definition) is 8. The predicted molar refractivity (Wildman–Crippen MR) is 96.8 cm³/mol. The predicted octanol–water partition coefficient (Wildman–Crippen LogP) is 2.77. The van der Waals surface area contributed by atoms with Gasteiger partial charge < -0.3 is 14.4 Å². The van der Waals surface area contributed by atoms with Crippen LogP contribution >= 0.6 is 11.3 Å². The van der Waals surface area contributed by atoms with Gasteiger partial charge in [-0.05, 0) is 20.8 Å². The van der Waals surface area contributed by atoms with E-state index in [9.17, 15) is 9.59 Å². The van der Waals surface area contributed by atoms with Crippen molar-refractivity contribution in [3.8, 4) is 0 Å². The molecule has 0 saturated heterocycles. The van der Waals surface area contributed by atoms with Crippen LogP contribution in [0.5, 0.6) is 0 Å². The van der Waals surface area contributed by atoms with Crippen molar-refractivity contribution in [2.75, 3.05) is 27.3 Å². The van der Waals surface area contributed by atoms with Crippen molar-refractivity contribution in [2.45, 2.75) is 39.0 Å². The van der Waals surface area contributed by atoms with Crippen LogP contribution in [0.25, 0.3) is 0 Å². The number of fused-ring (bicyclic) bond motifs is 1. The Morgan fingerprint density at radius 1 is 1.46 bits per heavy atom. The first-order valence-electron chi connectivity index (χ1n) is 8.18. The molecule has 1 aliphatic heterocycles. The van der Waals surface area contributed by atoms with Crippen LogP contribution in [-0.2, 0) is 20.9 Å². The number of hydroxylamine groups is 2. The second kappa shape index (κ2) is 8.15. The monoisotopic (exact) mass is 383 g/mol. The summed E-state index contributed by atoms with van der Waals surface area (Å²) < 4.78 is 10.2. The molecule has 1 unspecified atom stereocenters. The fourth-order valence-electron chi connectivity index (χ4n) is 2.45. The summed E-state index contributed by atoms with van der Waals surface area (Å²) in [5.74, 6) is -0.498. The molecule has 1 aromatic rings. The lowest BCUT2D eigenvalue weighted by Gasteiger charge is -2.36. The number of ether oxygens (including phenoxy) is 2. The van der Waals surface area contributed by atoms with Gasteiger partial charge in [0.05, 0.1) is 36.9 Å². The van der Waals surface area contributed by atoms with Crippen molar-refractivity contribution in [2.24, 2.45) is 0 Å². The summed E-state index contributed by atoms with van der Waals surface area (Å²) in [5.41, 5.74) is 0.0451. The van der Waals surface area contributed by atoms with E-state index in [4.69, 9.17) is 14.3 Å². The average molecular weight is 383 g/mol. The van der Waals surface area contributed by atoms with Gasteiger partial charge in [0.2, 0.25) is 5.01 Å². The summed E-state index contributed by atoms with van der Waals surface area (Å²) in [6.45, 7) is 10.0. The molecule has 0 radical (unpaired) electrons. The molecule has 0 aromatic carbocycles. The van der Waals surface area contributed by atoms with E-state index in [1.165, 1.54) is 18.4 Å². The lowest BCUT2D eigenvalue weighted by Crippen LogP contribution is -2.45. The number of rotatable bonds is 5. The third-order valence-electron chi connectivity index (χ3n) is 3.61. The standard InChI is InChI=1S/C17H25N3O5S/c1-7-8-24-19(5)12-10-20(16(22)25-17(2,3)4)9-11-13(12)26-14(18-11)15(21)23-6/h7,12H,1,8-10H2,2-6H3. The lowest BCUT2D eigenvalue weighted by molar-refractivity contribution is -0.164. The summed E-state index contributed by atoms with van der Waals surface area (Å²) >= 11 is 1.25. The molecule has 1 amide bonds. The maximum absolute atomic E-state index is 12.5. The van der Waals surface area contributed by atoms with E-state index in [1.807, 2.05) is 20.8 Å². The molecule has 2 heterocycles. The molecule has 1 aromatic heterocycles. The number of carbonyl (C=O) groups excluding carboxylic acids is 2. The Balaban J connectivity index is 2.31. The first-order chi connectivity index (χ1) is 12.2. The van der Waals surface area contributed by atoms with Crippen LogP contribution in [0.1, 0.15) is 47.2 Å². The van der Waals surface area contributed by atoms with Crippen LogP contribution in [-0.4, -0.2) is 59.9 Å². The third-order valence-corrected chi connectivity index (χ3v) is 4.79. The molecule has 2 rings (SSSR count). The largest absolute Gasteiger partial charge is 0.464 e. The summed E-state index contributed by atoms with van der Waals surface area (Å²) in [6, 6.07) is -0.276. The first kappa shape index (κ1) is 20.3. The van der Waals surface area contributed by atoms with Crippen molar-refractivity contribution in [1.82, 2.24) is 14.9 Å². The van der Waals surface area contributed by atoms with Crippen LogP contribution < -0.4 is 0 Å². The molecular weight excluding hydrogens is 358 g/mol. The number of likely N-dealkylation sites (N-methyl/N-ethyl adjacent to an activating group) is 1. The van der Waals surface area contributed by atoms with E-state index >= 15 is 0 Å². The number of amides is 1. The van der Waals surface area contributed by atoms with E-state index < -0.39 is 17.7 Å². The van der Waals surface area contributed by atoms with Crippen LogP contribution in [0.15, 0.2) is 12.7 Å². The van der Waals surface area contributed by atoms with Gasteiger partial charge in [0.15, 0.2) is 0 Å². The van der Waals surface area contributed by atoms with Gasteiger partial charge in [-0.1, -0.05) is 6.08 Å². The van der Waals surface area contributed by atoms with Crippen LogP contribution in [0.4, 0.5) is 4.79 Å². The highest BCUT2D eigenvalue weighted by molar-refractivity contribution is 7.13.